The molecule has 1 unspecified atom stereocenters. The van der Waals surface area contributed by atoms with E-state index < -0.39 is 10.0 Å². The standard InChI is InChI=1S/C20H22N4O4S/c1-24-19-6-2-5-18(17(19)13-21-24)23-20(25)14-7-9-16(10-8-14)29(26,27)22-12-15-4-3-11-28-15/h3-4,7-11,13,18,22H,2,5-6,12H2,1H3,(H,23,25). The topological polar surface area (TPSA) is 106 Å². The van der Waals surface area contributed by atoms with Crippen molar-refractivity contribution in [2.45, 2.75) is 36.7 Å². The van der Waals surface area contributed by atoms with Crippen LogP contribution in [0.3, 0.4) is 0 Å². The van der Waals surface area contributed by atoms with Crippen LogP contribution in [0.1, 0.15) is 46.3 Å². The Hall–Kier alpha value is -2.91. The molecule has 1 aliphatic carbocycles. The van der Waals surface area contributed by atoms with E-state index in [1.54, 1.807) is 18.3 Å². The highest BCUT2D eigenvalue weighted by Crippen LogP contribution is 2.29. The van der Waals surface area contributed by atoms with Crippen LogP contribution in [0, 0.1) is 0 Å². The van der Waals surface area contributed by atoms with Crippen molar-refractivity contribution in [2.75, 3.05) is 0 Å². The molecule has 2 heterocycles. The Balaban J connectivity index is 1.43. The number of fused-ring (bicyclic) bond motifs is 1. The van der Waals surface area contributed by atoms with Crippen LogP contribution in [-0.2, 0) is 30.0 Å². The summed E-state index contributed by atoms with van der Waals surface area (Å²) in [6.07, 6.45) is 6.08. The fraction of sp³-hybridized carbons (Fsp3) is 0.300. The molecule has 4 rings (SSSR count). The van der Waals surface area contributed by atoms with Gasteiger partial charge >= 0.3 is 0 Å². The Labute approximate surface area is 169 Å². The van der Waals surface area contributed by atoms with E-state index in [1.165, 1.54) is 30.5 Å². The molecule has 1 amide bonds. The van der Waals surface area contributed by atoms with Gasteiger partial charge in [-0.05, 0) is 55.7 Å². The number of furan rings is 1. The van der Waals surface area contributed by atoms with Crippen molar-refractivity contribution in [1.29, 1.82) is 0 Å². The van der Waals surface area contributed by atoms with Gasteiger partial charge in [-0.15, -0.1) is 0 Å². The highest BCUT2D eigenvalue weighted by molar-refractivity contribution is 7.89. The Kier molecular flexibility index (Phi) is 5.25. The summed E-state index contributed by atoms with van der Waals surface area (Å²) in [5, 5.41) is 7.32. The van der Waals surface area contributed by atoms with Crippen LogP contribution in [0.2, 0.25) is 0 Å². The minimum absolute atomic E-state index is 0.0622. The Morgan fingerprint density at radius 2 is 2.07 bits per heavy atom. The predicted molar refractivity (Wildman–Crippen MR) is 106 cm³/mol. The highest BCUT2D eigenvalue weighted by atomic mass is 32.2. The third-order valence-electron chi connectivity index (χ3n) is 5.12. The number of aromatic nitrogens is 2. The lowest BCUT2D eigenvalue weighted by molar-refractivity contribution is 0.0932. The van der Waals surface area contributed by atoms with Crippen molar-refractivity contribution in [3.8, 4) is 0 Å². The first kappa shape index (κ1) is 19.4. The maximum atomic E-state index is 12.7. The van der Waals surface area contributed by atoms with Gasteiger partial charge in [0.25, 0.3) is 5.91 Å². The summed E-state index contributed by atoms with van der Waals surface area (Å²) in [5.74, 6) is 0.283. The van der Waals surface area contributed by atoms with Gasteiger partial charge < -0.3 is 9.73 Å². The van der Waals surface area contributed by atoms with E-state index >= 15 is 0 Å². The SMILES string of the molecule is Cn1ncc2c1CCCC2NC(=O)c1ccc(S(=O)(=O)NCc2ccco2)cc1. The van der Waals surface area contributed by atoms with Crippen molar-refractivity contribution < 1.29 is 17.6 Å². The second-order valence-corrected chi connectivity index (χ2v) is 8.78. The number of rotatable bonds is 6. The summed E-state index contributed by atoms with van der Waals surface area (Å²) in [4.78, 5) is 12.7. The quantitative estimate of drug-likeness (QED) is 0.644. The fourth-order valence-electron chi connectivity index (χ4n) is 3.55. The lowest BCUT2D eigenvalue weighted by atomic mass is 9.93. The van der Waals surface area contributed by atoms with Gasteiger partial charge in [0, 0.05) is 23.9 Å². The van der Waals surface area contributed by atoms with Crippen LogP contribution in [0.5, 0.6) is 0 Å². The molecule has 8 nitrogen and oxygen atoms in total. The van der Waals surface area contributed by atoms with Crippen molar-refractivity contribution in [1.82, 2.24) is 19.8 Å². The summed E-state index contributed by atoms with van der Waals surface area (Å²) in [7, 11) is -1.79. The van der Waals surface area contributed by atoms with Crippen LogP contribution in [0.4, 0.5) is 0 Å². The van der Waals surface area contributed by atoms with E-state index in [1.807, 2.05) is 11.7 Å². The van der Waals surface area contributed by atoms with E-state index in [4.69, 9.17) is 4.42 Å². The zero-order valence-electron chi connectivity index (χ0n) is 16.0. The summed E-state index contributed by atoms with van der Waals surface area (Å²) < 4.78 is 34.3. The Morgan fingerprint density at radius 3 is 2.79 bits per heavy atom. The van der Waals surface area contributed by atoms with Gasteiger partial charge in [0.15, 0.2) is 0 Å². The molecule has 0 aliphatic heterocycles. The van der Waals surface area contributed by atoms with Crippen LogP contribution >= 0.6 is 0 Å². The number of hydrogen-bond donors (Lipinski definition) is 2. The zero-order chi connectivity index (χ0) is 20.4. The van der Waals surface area contributed by atoms with Gasteiger partial charge in [-0.25, -0.2) is 13.1 Å². The molecule has 152 valence electrons. The van der Waals surface area contributed by atoms with Gasteiger partial charge in [-0.3, -0.25) is 9.48 Å². The third kappa shape index (κ3) is 4.10. The highest BCUT2D eigenvalue weighted by Gasteiger charge is 2.25. The molecule has 1 aromatic carbocycles. The molecule has 1 aliphatic rings. The van der Waals surface area contributed by atoms with E-state index in [0.717, 1.165) is 30.5 Å². The molecular weight excluding hydrogens is 392 g/mol. The number of sulfonamides is 1. The molecule has 0 spiro atoms. The van der Waals surface area contributed by atoms with E-state index in [-0.39, 0.29) is 23.4 Å². The van der Waals surface area contributed by atoms with Gasteiger partial charge in [-0.1, -0.05) is 0 Å². The minimum Gasteiger partial charge on any atom is -0.468 e. The summed E-state index contributed by atoms with van der Waals surface area (Å²) >= 11 is 0. The summed E-state index contributed by atoms with van der Waals surface area (Å²) in [6.45, 7) is 0.0622. The number of carbonyl (C=O) groups excluding carboxylic acids is 1. The second-order valence-electron chi connectivity index (χ2n) is 7.02. The first-order chi connectivity index (χ1) is 13.9. The molecule has 0 fully saturated rings. The van der Waals surface area contributed by atoms with Crippen LogP contribution in [-0.4, -0.2) is 24.1 Å². The van der Waals surface area contributed by atoms with E-state index in [9.17, 15) is 13.2 Å². The number of carbonyl (C=O) groups is 1. The number of nitrogens with zero attached hydrogens (tertiary/aromatic N) is 2. The maximum absolute atomic E-state index is 12.7. The third-order valence-corrected chi connectivity index (χ3v) is 6.54. The van der Waals surface area contributed by atoms with Crippen LogP contribution in [0.25, 0.3) is 0 Å². The number of amides is 1. The number of hydrogen-bond acceptors (Lipinski definition) is 5. The lowest BCUT2D eigenvalue weighted by Gasteiger charge is -2.23. The second kappa shape index (κ2) is 7.84. The summed E-state index contributed by atoms with van der Waals surface area (Å²) in [5.41, 5.74) is 2.60. The number of nitrogens with one attached hydrogen (secondary N) is 2. The molecule has 29 heavy (non-hydrogen) atoms. The normalized spacial score (nSPS) is 16.4. The Bertz CT molecular complexity index is 1100. The molecule has 1 atom stereocenters. The number of benzene rings is 1. The fourth-order valence-corrected chi connectivity index (χ4v) is 4.54. The first-order valence-electron chi connectivity index (χ1n) is 9.38. The average Bonchev–Trinajstić information content (AvgIpc) is 3.37. The largest absolute Gasteiger partial charge is 0.468 e. The smallest absolute Gasteiger partial charge is 0.251 e. The zero-order valence-corrected chi connectivity index (χ0v) is 16.8. The molecule has 9 heteroatoms. The molecule has 2 N–H and O–H groups in total. The van der Waals surface area contributed by atoms with Crippen molar-refractivity contribution >= 4 is 15.9 Å². The summed E-state index contributed by atoms with van der Waals surface area (Å²) in [6, 6.07) is 9.18. The minimum atomic E-state index is -3.70. The molecular formula is C20H22N4O4S. The van der Waals surface area contributed by atoms with E-state index in [0.29, 0.717) is 11.3 Å². The van der Waals surface area contributed by atoms with Gasteiger partial charge in [-0.2, -0.15) is 5.10 Å². The lowest BCUT2D eigenvalue weighted by Crippen LogP contribution is -2.31. The van der Waals surface area contributed by atoms with Crippen molar-refractivity contribution in [3.63, 3.8) is 0 Å². The van der Waals surface area contributed by atoms with Gasteiger partial charge in [0.2, 0.25) is 10.0 Å². The molecule has 0 radical (unpaired) electrons. The predicted octanol–water partition coefficient (Wildman–Crippen LogP) is 2.30. The Morgan fingerprint density at radius 1 is 1.28 bits per heavy atom. The molecule has 2 aromatic heterocycles. The number of aryl methyl sites for hydroxylation is 1. The molecule has 0 bridgehead atoms. The first-order valence-corrected chi connectivity index (χ1v) is 10.9. The maximum Gasteiger partial charge on any atom is 0.251 e. The molecule has 0 saturated heterocycles. The monoisotopic (exact) mass is 414 g/mol. The molecule has 3 aromatic rings. The van der Waals surface area contributed by atoms with E-state index in [2.05, 4.69) is 15.1 Å². The van der Waals surface area contributed by atoms with Crippen LogP contribution < -0.4 is 10.0 Å². The van der Waals surface area contributed by atoms with Gasteiger partial charge in [0.05, 0.1) is 29.9 Å². The van der Waals surface area contributed by atoms with Gasteiger partial charge in [0.1, 0.15) is 5.76 Å². The average molecular weight is 414 g/mol. The molecule has 0 saturated carbocycles. The van der Waals surface area contributed by atoms with Crippen molar-refractivity contribution in [3.05, 3.63) is 71.4 Å². The van der Waals surface area contributed by atoms with Crippen molar-refractivity contribution in [2.24, 2.45) is 7.05 Å². The van der Waals surface area contributed by atoms with Crippen LogP contribution in [0.15, 0.2) is 58.2 Å².